The van der Waals surface area contributed by atoms with Gasteiger partial charge in [0.1, 0.15) is 5.82 Å². The van der Waals surface area contributed by atoms with Crippen LogP contribution >= 0.6 is 0 Å². The van der Waals surface area contributed by atoms with Crippen molar-refractivity contribution in [2.45, 2.75) is 6.42 Å². The summed E-state index contributed by atoms with van der Waals surface area (Å²) in [5.74, 6) is -0.113. The average Bonchev–Trinajstić information content (AvgIpc) is 3.13. The summed E-state index contributed by atoms with van der Waals surface area (Å²) in [4.78, 5) is 47.5. The summed E-state index contributed by atoms with van der Waals surface area (Å²) in [5, 5.41) is 2.80. The van der Waals surface area contributed by atoms with Gasteiger partial charge in [-0.2, -0.15) is 0 Å². The molecule has 1 saturated heterocycles. The summed E-state index contributed by atoms with van der Waals surface area (Å²) in [6, 6.07) is 20.8. The highest BCUT2D eigenvalue weighted by Gasteiger charge is 2.34. The van der Waals surface area contributed by atoms with Crippen LogP contribution in [0.1, 0.15) is 27.1 Å². The third kappa shape index (κ3) is 4.34. The van der Waals surface area contributed by atoms with Gasteiger partial charge in [-0.1, -0.05) is 30.3 Å². The maximum absolute atomic E-state index is 12.4. The zero-order valence-electron chi connectivity index (χ0n) is 18.7. The minimum absolute atomic E-state index is 0.0225. The van der Waals surface area contributed by atoms with Gasteiger partial charge in [-0.3, -0.25) is 19.3 Å². The lowest BCUT2D eigenvalue weighted by atomic mass is 10.1. The molecular weight excluding hydrogens is 430 g/mol. The highest BCUT2D eigenvalue weighted by atomic mass is 16.2. The molecule has 172 valence electrons. The first-order valence-corrected chi connectivity index (χ1v) is 11.4. The lowest BCUT2D eigenvalue weighted by Gasteiger charge is -2.36. The SMILES string of the molecule is O=C(CCN1C(=O)c2ccccc2C1=O)Nc1ccc(N2CCN(c3ccccc3)CC2)nc1. The molecule has 0 unspecified atom stereocenters. The number of para-hydroxylation sites is 1. The van der Waals surface area contributed by atoms with Crippen LogP contribution in [0.25, 0.3) is 0 Å². The monoisotopic (exact) mass is 455 g/mol. The number of hydrogen-bond acceptors (Lipinski definition) is 6. The normalized spacial score (nSPS) is 15.5. The molecule has 2 aromatic carbocycles. The maximum atomic E-state index is 12.4. The first kappa shape index (κ1) is 21.6. The van der Waals surface area contributed by atoms with Crippen LogP contribution in [0.5, 0.6) is 0 Å². The van der Waals surface area contributed by atoms with Gasteiger partial charge in [0.2, 0.25) is 5.91 Å². The standard InChI is InChI=1S/C26H25N5O3/c32-24(12-13-31-25(33)21-8-4-5-9-22(21)26(31)34)28-19-10-11-23(27-18-19)30-16-14-29(15-17-30)20-6-2-1-3-7-20/h1-11,18H,12-17H2,(H,28,32). The van der Waals surface area contributed by atoms with Gasteiger partial charge in [-0.15, -0.1) is 0 Å². The molecule has 3 heterocycles. The molecule has 8 heteroatoms. The number of hydrogen-bond donors (Lipinski definition) is 1. The average molecular weight is 456 g/mol. The molecule has 3 amide bonds. The Morgan fingerprint density at radius 3 is 2.03 bits per heavy atom. The van der Waals surface area contributed by atoms with Gasteiger partial charge in [-0.25, -0.2) is 4.98 Å². The molecule has 0 aliphatic carbocycles. The smallest absolute Gasteiger partial charge is 0.261 e. The Bertz CT molecular complexity index is 1170. The second kappa shape index (κ2) is 9.35. The van der Waals surface area contributed by atoms with Crippen LogP contribution < -0.4 is 15.1 Å². The third-order valence-corrected chi connectivity index (χ3v) is 6.20. The molecule has 5 rings (SSSR count). The molecule has 1 aromatic heterocycles. The maximum Gasteiger partial charge on any atom is 0.261 e. The van der Waals surface area contributed by atoms with Crippen LogP contribution in [0, 0.1) is 0 Å². The highest BCUT2D eigenvalue weighted by molar-refractivity contribution is 6.21. The highest BCUT2D eigenvalue weighted by Crippen LogP contribution is 2.23. The van der Waals surface area contributed by atoms with Crippen molar-refractivity contribution in [1.29, 1.82) is 0 Å². The zero-order chi connectivity index (χ0) is 23.5. The Kier molecular flexibility index (Phi) is 5.95. The number of fused-ring (bicyclic) bond motifs is 1. The number of amides is 3. The molecule has 0 atom stereocenters. The summed E-state index contributed by atoms with van der Waals surface area (Å²) in [5.41, 5.74) is 2.59. The number of nitrogens with zero attached hydrogens (tertiary/aromatic N) is 4. The number of nitrogens with one attached hydrogen (secondary N) is 1. The molecular formula is C26H25N5O3. The first-order chi connectivity index (χ1) is 16.6. The van der Waals surface area contributed by atoms with Crippen LogP contribution in [0.15, 0.2) is 72.9 Å². The molecule has 0 spiro atoms. The zero-order valence-corrected chi connectivity index (χ0v) is 18.7. The number of anilines is 3. The molecule has 0 radical (unpaired) electrons. The number of aromatic nitrogens is 1. The molecule has 34 heavy (non-hydrogen) atoms. The van der Waals surface area contributed by atoms with E-state index < -0.39 is 0 Å². The van der Waals surface area contributed by atoms with Crippen molar-refractivity contribution < 1.29 is 14.4 Å². The Balaban J connectivity index is 1.11. The van der Waals surface area contributed by atoms with E-state index in [0.717, 1.165) is 36.9 Å². The second-order valence-corrected chi connectivity index (χ2v) is 8.32. The van der Waals surface area contributed by atoms with E-state index in [2.05, 4.69) is 44.4 Å². The number of pyridine rings is 1. The van der Waals surface area contributed by atoms with Crippen LogP contribution in [0.2, 0.25) is 0 Å². The molecule has 2 aliphatic rings. The number of imide groups is 1. The number of piperazine rings is 1. The van der Waals surface area contributed by atoms with E-state index in [1.807, 2.05) is 18.2 Å². The van der Waals surface area contributed by atoms with Gasteiger partial charge in [0.05, 0.1) is 23.0 Å². The van der Waals surface area contributed by atoms with Crippen molar-refractivity contribution in [3.05, 3.63) is 84.1 Å². The van der Waals surface area contributed by atoms with Crippen molar-refractivity contribution in [2.24, 2.45) is 0 Å². The Labute approximate surface area is 197 Å². The van der Waals surface area contributed by atoms with Crippen molar-refractivity contribution in [3.63, 3.8) is 0 Å². The Morgan fingerprint density at radius 1 is 0.794 bits per heavy atom. The summed E-state index contributed by atoms with van der Waals surface area (Å²) in [6.45, 7) is 3.61. The predicted octanol–water partition coefficient (Wildman–Crippen LogP) is 3.03. The predicted molar refractivity (Wildman–Crippen MR) is 130 cm³/mol. The fourth-order valence-corrected chi connectivity index (χ4v) is 4.36. The summed E-state index contributed by atoms with van der Waals surface area (Å²) in [6.07, 6.45) is 1.66. The number of carbonyl (C=O) groups excluding carboxylic acids is 3. The van der Waals surface area contributed by atoms with E-state index in [1.54, 1.807) is 30.5 Å². The molecule has 1 N–H and O–H groups in total. The van der Waals surface area contributed by atoms with Crippen LogP contribution in [-0.2, 0) is 4.79 Å². The van der Waals surface area contributed by atoms with E-state index in [9.17, 15) is 14.4 Å². The van der Waals surface area contributed by atoms with E-state index >= 15 is 0 Å². The lowest BCUT2D eigenvalue weighted by Crippen LogP contribution is -2.46. The third-order valence-electron chi connectivity index (χ3n) is 6.20. The minimum atomic E-state index is -0.355. The molecule has 2 aliphatic heterocycles. The Hall–Kier alpha value is -4.20. The van der Waals surface area contributed by atoms with Gasteiger partial charge in [-0.05, 0) is 36.4 Å². The number of carbonyl (C=O) groups is 3. The molecule has 1 fully saturated rings. The van der Waals surface area contributed by atoms with E-state index in [1.165, 1.54) is 5.69 Å². The van der Waals surface area contributed by atoms with E-state index in [0.29, 0.717) is 16.8 Å². The largest absolute Gasteiger partial charge is 0.368 e. The Morgan fingerprint density at radius 2 is 1.41 bits per heavy atom. The minimum Gasteiger partial charge on any atom is -0.368 e. The van der Waals surface area contributed by atoms with Gasteiger partial charge >= 0.3 is 0 Å². The molecule has 8 nitrogen and oxygen atoms in total. The molecule has 0 saturated carbocycles. The van der Waals surface area contributed by atoms with Crippen LogP contribution in [-0.4, -0.2) is 60.3 Å². The summed E-state index contributed by atoms with van der Waals surface area (Å²) in [7, 11) is 0. The van der Waals surface area contributed by atoms with E-state index in [4.69, 9.17) is 0 Å². The molecule has 3 aromatic rings. The number of benzene rings is 2. The van der Waals surface area contributed by atoms with Crippen molar-refractivity contribution in [3.8, 4) is 0 Å². The van der Waals surface area contributed by atoms with Crippen molar-refractivity contribution >= 4 is 34.9 Å². The van der Waals surface area contributed by atoms with Crippen molar-refractivity contribution in [1.82, 2.24) is 9.88 Å². The second-order valence-electron chi connectivity index (χ2n) is 8.32. The van der Waals surface area contributed by atoms with Crippen LogP contribution in [0.4, 0.5) is 17.2 Å². The van der Waals surface area contributed by atoms with Gasteiger partial charge < -0.3 is 15.1 Å². The van der Waals surface area contributed by atoms with Gasteiger partial charge in [0.15, 0.2) is 0 Å². The van der Waals surface area contributed by atoms with Gasteiger partial charge in [0.25, 0.3) is 11.8 Å². The van der Waals surface area contributed by atoms with E-state index in [-0.39, 0.29) is 30.7 Å². The first-order valence-electron chi connectivity index (χ1n) is 11.4. The van der Waals surface area contributed by atoms with Crippen LogP contribution in [0.3, 0.4) is 0 Å². The molecule has 0 bridgehead atoms. The van der Waals surface area contributed by atoms with Gasteiger partial charge in [0, 0.05) is 44.8 Å². The lowest BCUT2D eigenvalue weighted by molar-refractivity contribution is -0.116. The fourth-order valence-electron chi connectivity index (χ4n) is 4.36. The fraction of sp³-hybridized carbons (Fsp3) is 0.231. The quantitative estimate of drug-likeness (QED) is 0.575. The topological polar surface area (TPSA) is 85.8 Å². The summed E-state index contributed by atoms with van der Waals surface area (Å²) < 4.78 is 0. The number of rotatable bonds is 6. The van der Waals surface area contributed by atoms with Crippen molar-refractivity contribution in [2.75, 3.05) is 47.8 Å². The summed E-state index contributed by atoms with van der Waals surface area (Å²) >= 11 is 0.